The van der Waals surface area contributed by atoms with Crippen molar-refractivity contribution in [1.29, 1.82) is 0 Å². The molecule has 0 spiro atoms. The Morgan fingerprint density at radius 3 is 2.29 bits per heavy atom. The largest absolute Gasteiger partial charge is 0.573 e. The number of amides is 2. The van der Waals surface area contributed by atoms with Crippen molar-refractivity contribution >= 4 is 11.8 Å². The van der Waals surface area contributed by atoms with Crippen LogP contribution in [-0.4, -0.2) is 60.6 Å². The summed E-state index contributed by atoms with van der Waals surface area (Å²) < 4.78 is 52.0. The van der Waals surface area contributed by atoms with Crippen molar-refractivity contribution in [2.75, 3.05) is 26.3 Å². The van der Waals surface area contributed by atoms with E-state index in [4.69, 9.17) is 20.3 Å². The lowest BCUT2D eigenvalue weighted by molar-refractivity contribution is -0.274. The van der Waals surface area contributed by atoms with Gasteiger partial charge in [0.1, 0.15) is 30.0 Å². The third-order valence-electron chi connectivity index (χ3n) is 5.18. The Morgan fingerprint density at radius 2 is 1.71 bits per heavy atom. The van der Waals surface area contributed by atoms with E-state index in [9.17, 15) is 22.8 Å². The summed E-state index contributed by atoms with van der Waals surface area (Å²) in [5.74, 6) is -0.451. The molecule has 11 heteroatoms. The van der Waals surface area contributed by atoms with Gasteiger partial charge in [-0.25, -0.2) is 0 Å². The molecule has 184 valence electrons. The number of ether oxygens (including phenoxy) is 3. The maximum absolute atomic E-state index is 12.6. The lowest BCUT2D eigenvalue weighted by atomic mass is 10.1. The van der Waals surface area contributed by atoms with Gasteiger partial charge in [-0.3, -0.25) is 9.59 Å². The zero-order valence-electron chi connectivity index (χ0n) is 18.2. The summed E-state index contributed by atoms with van der Waals surface area (Å²) >= 11 is 0. The number of rotatable bonds is 9. The molecular formula is C23H25F3N2O6. The fourth-order valence-corrected chi connectivity index (χ4v) is 3.56. The predicted octanol–water partition coefficient (Wildman–Crippen LogP) is 2.67. The molecule has 0 atom stereocenters. The van der Waals surface area contributed by atoms with Crippen LogP contribution >= 0.6 is 0 Å². The lowest BCUT2D eigenvalue weighted by Gasteiger charge is -2.32. The van der Waals surface area contributed by atoms with Crippen LogP contribution in [0.25, 0.3) is 0 Å². The van der Waals surface area contributed by atoms with Gasteiger partial charge in [-0.1, -0.05) is 12.1 Å². The van der Waals surface area contributed by atoms with Gasteiger partial charge in [0.15, 0.2) is 0 Å². The van der Waals surface area contributed by atoms with Gasteiger partial charge in [-0.2, -0.15) is 0 Å². The zero-order valence-corrected chi connectivity index (χ0v) is 18.2. The lowest BCUT2D eigenvalue weighted by Crippen LogP contribution is -2.42. The Balaban J connectivity index is 1.54. The third kappa shape index (κ3) is 7.27. The normalized spacial score (nSPS) is 14.5. The van der Waals surface area contributed by atoms with Crippen molar-refractivity contribution in [3.63, 3.8) is 0 Å². The quantitative estimate of drug-likeness (QED) is 0.569. The highest BCUT2D eigenvalue weighted by molar-refractivity contribution is 5.95. The fraction of sp³-hybridized carbons (Fsp3) is 0.391. The SMILES string of the molecule is NC(=O)c1ccc(OCCO)cc1OC1CCN(C(=O)Cc2ccc(OC(F)(F)F)cc2)CC1. The van der Waals surface area contributed by atoms with Gasteiger partial charge in [0.25, 0.3) is 5.91 Å². The molecule has 1 heterocycles. The van der Waals surface area contributed by atoms with Crippen LogP contribution in [0.15, 0.2) is 42.5 Å². The molecule has 0 radical (unpaired) electrons. The number of aliphatic hydroxyl groups is 1. The summed E-state index contributed by atoms with van der Waals surface area (Å²) in [5.41, 5.74) is 6.20. The van der Waals surface area contributed by atoms with E-state index in [1.807, 2.05) is 0 Å². The molecular weight excluding hydrogens is 457 g/mol. The van der Waals surface area contributed by atoms with E-state index >= 15 is 0 Å². The molecule has 0 aromatic heterocycles. The number of hydrogen-bond acceptors (Lipinski definition) is 6. The number of alkyl halides is 3. The van der Waals surface area contributed by atoms with Crippen molar-refractivity contribution < 1.29 is 42.1 Å². The van der Waals surface area contributed by atoms with Gasteiger partial charge in [-0.05, 0) is 29.8 Å². The highest BCUT2D eigenvalue weighted by Crippen LogP contribution is 2.28. The van der Waals surface area contributed by atoms with Crippen molar-refractivity contribution in [3.8, 4) is 17.2 Å². The molecule has 3 N–H and O–H groups in total. The number of halogens is 3. The van der Waals surface area contributed by atoms with Gasteiger partial charge in [-0.15, -0.1) is 13.2 Å². The Morgan fingerprint density at radius 1 is 1.06 bits per heavy atom. The molecule has 1 saturated heterocycles. The molecule has 2 amide bonds. The molecule has 0 aliphatic carbocycles. The molecule has 0 unspecified atom stereocenters. The van der Waals surface area contributed by atoms with Crippen molar-refractivity contribution in [3.05, 3.63) is 53.6 Å². The number of likely N-dealkylation sites (tertiary alicyclic amines) is 1. The number of carbonyl (C=O) groups excluding carboxylic acids is 2. The average Bonchev–Trinajstić information content (AvgIpc) is 2.78. The Bertz CT molecular complexity index is 989. The monoisotopic (exact) mass is 482 g/mol. The van der Waals surface area contributed by atoms with E-state index in [1.165, 1.54) is 30.3 Å². The highest BCUT2D eigenvalue weighted by atomic mass is 19.4. The fourth-order valence-electron chi connectivity index (χ4n) is 3.56. The molecule has 2 aromatic rings. The molecule has 1 aliphatic rings. The summed E-state index contributed by atoms with van der Waals surface area (Å²) in [6, 6.07) is 9.78. The number of benzene rings is 2. The van der Waals surface area contributed by atoms with Crippen LogP contribution in [0, 0.1) is 0 Å². The van der Waals surface area contributed by atoms with Crippen molar-refractivity contribution in [1.82, 2.24) is 4.90 Å². The first-order chi connectivity index (χ1) is 16.1. The van der Waals surface area contributed by atoms with E-state index in [1.54, 1.807) is 17.0 Å². The number of hydrogen-bond donors (Lipinski definition) is 2. The van der Waals surface area contributed by atoms with Crippen LogP contribution in [0.1, 0.15) is 28.8 Å². The highest BCUT2D eigenvalue weighted by Gasteiger charge is 2.31. The molecule has 8 nitrogen and oxygen atoms in total. The maximum Gasteiger partial charge on any atom is 0.573 e. The van der Waals surface area contributed by atoms with Gasteiger partial charge in [0.05, 0.1) is 18.6 Å². The summed E-state index contributed by atoms with van der Waals surface area (Å²) in [7, 11) is 0. The van der Waals surface area contributed by atoms with E-state index in [2.05, 4.69) is 4.74 Å². The van der Waals surface area contributed by atoms with Gasteiger partial charge >= 0.3 is 6.36 Å². The number of nitrogens with two attached hydrogens (primary N) is 1. The van der Waals surface area contributed by atoms with Gasteiger partial charge < -0.3 is 30.0 Å². The maximum atomic E-state index is 12.6. The number of aliphatic hydroxyl groups excluding tert-OH is 1. The van der Waals surface area contributed by atoms with Gasteiger partial charge in [0, 0.05) is 32.0 Å². The summed E-state index contributed by atoms with van der Waals surface area (Å²) in [4.78, 5) is 26.0. The molecule has 0 saturated carbocycles. The zero-order chi connectivity index (χ0) is 24.7. The second kappa shape index (κ2) is 11.1. The van der Waals surface area contributed by atoms with Gasteiger partial charge in [0.2, 0.25) is 5.91 Å². The van der Waals surface area contributed by atoms with Crippen LogP contribution in [-0.2, 0) is 11.2 Å². The van der Waals surface area contributed by atoms with Crippen LogP contribution < -0.4 is 19.9 Å². The molecule has 34 heavy (non-hydrogen) atoms. The van der Waals surface area contributed by atoms with Crippen molar-refractivity contribution in [2.24, 2.45) is 5.73 Å². The van der Waals surface area contributed by atoms with Crippen LogP contribution in [0.4, 0.5) is 13.2 Å². The van der Waals surface area contributed by atoms with E-state index < -0.39 is 12.3 Å². The predicted molar refractivity (Wildman–Crippen MR) is 115 cm³/mol. The Hall–Kier alpha value is -3.47. The summed E-state index contributed by atoms with van der Waals surface area (Å²) in [6.45, 7) is 0.774. The Kier molecular flexibility index (Phi) is 8.21. The molecule has 2 aromatic carbocycles. The molecule has 3 rings (SSSR count). The minimum Gasteiger partial charge on any atom is -0.491 e. The number of carbonyl (C=O) groups is 2. The number of nitrogens with zero attached hydrogens (tertiary/aromatic N) is 1. The third-order valence-corrected chi connectivity index (χ3v) is 5.18. The van der Waals surface area contributed by atoms with Crippen LogP contribution in [0.3, 0.4) is 0 Å². The Labute approximate surface area is 194 Å². The molecule has 1 fully saturated rings. The first-order valence-corrected chi connectivity index (χ1v) is 10.6. The minimum absolute atomic E-state index is 0.0495. The van der Waals surface area contributed by atoms with E-state index in [0.29, 0.717) is 37.2 Å². The minimum atomic E-state index is -4.77. The standard InChI is InChI=1S/C23H25F3N2O6/c24-23(25,26)34-17-3-1-15(2-4-17)13-21(30)28-9-7-16(8-10-28)33-20-14-18(32-12-11-29)5-6-19(20)22(27)31/h1-6,14,16,29H,7-13H2,(H2,27,31). The second-order valence-electron chi connectivity index (χ2n) is 7.66. The average molecular weight is 482 g/mol. The smallest absolute Gasteiger partial charge is 0.491 e. The van der Waals surface area contributed by atoms with Crippen LogP contribution in [0.2, 0.25) is 0 Å². The second-order valence-corrected chi connectivity index (χ2v) is 7.66. The summed E-state index contributed by atoms with van der Waals surface area (Å²) in [5, 5.41) is 8.91. The van der Waals surface area contributed by atoms with E-state index in [-0.39, 0.29) is 48.7 Å². The van der Waals surface area contributed by atoms with E-state index in [0.717, 1.165) is 0 Å². The first-order valence-electron chi connectivity index (χ1n) is 10.6. The number of primary amides is 1. The van der Waals surface area contributed by atoms with Crippen LogP contribution in [0.5, 0.6) is 17.2 Å². The molecule has 0 bridgehead atoms. The topological polar surface area (TPSA) is 111 Å². The van der Waals surface area contributed by atoms with Crippen molar-refractivity contribution in [2.45, 2.75) is 31.7 Å². The summed E-state index contributed by atoms with van der Waals surface area (Å²) in [6.07, 6.45) is -3.94. The molecule has 1 aliphatic heterocycles. The first kappa shape index (κ1) is 25.2. The number of piperidine rings is 1.